The fourth-order valence-corrected chi connectivity index (χ4v) is 2.79. The van der Waals surface area contributed by atoms with Crippen LogP contribution in [0.4, 0.5) is 0 Å². The average molecular weight is 407 g/mol. The summed E-state index contributed by atoms with van der Waals surface area (Å²) in [7, 11) is 9.87. The average Bonchev–Trinajstić information content (AvgIpc) is 2.43. The van der Waals surface area contributed by atoms with E-state index in [1.807, 2.05) is 32.2 Å². The van der Waals surface area contributed by atoms with E-state index in [9.17, 15) is 5.11 Å². The van der Waals surface area contributed by atoms with Crippen LogP contribution in [0.1, 0.15) is 49.3 Å². The summed E-state index contributed by atoms with van der Waals surface area (Å²) in [6, 6.07) is 4.42. The zero-order valence-corrected chi connectivity index (χ0v) is 16.8. The van der Waals surface area contributed by atoms with Crippen LogP contribution in [-0.2, 0) is 20.8 Å². The third-order valence-electron chi connectivity index (χ3n) is 3.95. The first-order valence-electron chi connectivity index (χ1n) is 7.29. The third-order valence-corrected chi connectivity index (χ3v) is 3.95. The molecule has 116 valence electrons. The molecule has 2 nitrogen and oxygen atoms in total. The van der Waals surface area contributed by atoms with Crippen molar-refractivity contribution >= 4 is 23.2 Å². The van der Waals surface area contributed by atoms with Crippen LogP contribution in [-0.4, -0.2) is 17.4 Å². The van der Waals surface area contributed by atoms with E-state index in [2.05, 4.69) is 6.92 Å². The van der Waals surface area contributed by atoms with Gasteiger partial charge in [0.05, 0.1) is 6.04 Å². The van der Waals surface area contributed by atoms with E-state index in [0.717, 1.165) is 11.1 Å². The molecular weight excluding hydrogens is 384 g/mol. The Hall–Kier alpha value is 0.153. The Morgan fingerprint density at radius 2 is 1.86 bits per heavy atom. The molecule has 1 N–H and O–H groups in total. The standard InChI is InChI=1S/C16H23NO.2ClH.Zr/c1-11-8-13(3)16(18)14(9-11)10-17-15-7-5-4-6-12(15)2;;;/h8-10,12,15,18H,4-7H2,1-3H3;2*1H;/q;;;+2/p-2. The quantitative estimate of drug-likeness (QED) is 0.656. The zero-order chi connectivity index (χ0) is 15.8. The number of aromatic hydroxyl groups is 1. The summed E-state index contributed by atoms with van der Waals surface area (Å²) in [5.74, 6) is 1.04. The van der Waals surface area contributed by atoms with Crippen molar-refractivity contribution in [3.63, 3.8) is 0 Å². The molecule has 21 heavy (non-hydrogen) atoms. The fourth-order valence-electron chi connectivity index (χ4n) is 2.79. The van der Waals surface area contributed by atoms with E-state index < -0.39 is 20.8 Å². The first kappa shape index (κ1) is 19.2. The predicted octanol–water partition coefficient (Wildman–Crippen LogP) is 5.38. The van der Waals surface area contributed by atoms with Gasteiger partial charge in [-0.3, -0.25) is 4.99 Å². The van der Waals surface area contributed by atoms with Crippen molar-refractivity contribution in [2.45, 2.75) is 52.5 Å². The van der Waals surface area contributed by atoms with Gasteiger partial charge in [0.1, 0.15) is 5.75 Å². The van der Waals surface area contributed by atoms with Crippen molar-refractivity contribution in [2.75, 3.05) is 0 Å². The normalized spacial score (nSPS) is 21.8. The zero-order valence-electron chi connectivity index (χ0n) is 12.9. The molecule has 0 aliphatic heterocycles. The molecule has 2 atom stereocenters. The molecule has 0 aromatic heterocycles. The van der Waals surface area contributed by atoms with Crippen molar-refractivity contribution in [1.29, 1.82) is 0 Å². The topological polar surface area (TPSA) is 32.6 Å². The van der Waals surface area contributed by atoms with E-state index in [1.165, 1.54) is 31.2 Å². The second kappa shape index (κ2) is 10.0. The van der Waals surface area contributed by atoms with Crippen LogP contribution in [0.25, 0.3) is 0 Å². The van der Waals surface area contributed by atoms with Gasteiger partial charge in [-0.2, -0.15) is 0 Å². The van der Waals surface area contributed by atoms with Gasteiger partial charge in [0.2, 0.25) is 0 Å². The minimum absolute atomic E-state index is 0.368. The number of aryl methyl sites for hydroxylation is 2. The summed E-state index contributed by atoms with van der Waals surface area (Å²) in [5, 5.41) is 10.0. The van der Waals surface area contributed by atoms with Crippen LogP contribution < -0.4 is 0 Å². The first-order chi connectivity index (χ1) is 9.99. The first-order valence-corrected chi connectivity index (χ1v) is 13.6. The number of hydrogen-bond donors (Lipinski definition) is 1. The maximum atomic E-state index is 10.0. The second-order valence-electron chi connectivity index (χ2n) is 5.70. The number of rotatable bonds is 2. The van der Waals surface area contributed by atoms with Crippen LogP contribution in [0.5, 0.6) is 5.75 Å². The van der Waals surface area contributed by atoms with Gasteiger partial charge in [0.15, 0.2) is 0 Å². The van der Waals surface area contributed by atoms with Gasteiger partial charge in [0, 0.05) is 11.8 Å². The predicted molar refractivity (Wildman–Crippen MR) is 88.3 cm³/mol. The van der Waals surface area contributed by atoms with Crippen molar-refractivity contribution in [1.82, 2.24) is 0 Å². The van der Waals surface area contributed by atoms with Crippen LogP contribution in [0.3, 0.4) is 0 Å². The van der Waals surface area contributed by atoms with Crippen molar-refractivity contribution < 1.29 is 26.0 Å². The number of aliphatic imine (C=N–C) groups is 1. The Kier molecular flexibility index (Phi) is 9.17. The van der Waals surface area contributed by atoms with E-state index in [-0.39, 0.29) is 0 Å². The summed E-state index contributed by atoms with van der Waals surface area (Å²) in [5.41, 5.74) is 2.95. The minimum atomic E-state index is -0.826. The summed E-state index contributed by atoms with van der Waals surface area (Å²) in [6.07, 6.45) is 6.94. The molecule has 1 aromatic rings. The van der Waals surface area contributed by atoms with Gasteiger partial charge in [-0.1, -0.05) is 25.8 Å². The molecule has 2 unspecified atom stereocenters. The van der Waals surface area contributed by atoms with Gasteiger partial charge in [-0.15, -0.1) is 0 Å². The second-order valence-corrected chi connectivity index (χ2v) is 9.43. The van der Waals surface area contributed by atoms with Crippen molar-refractivity contribution in [3.8, 4) is 5.75 Å². The Morgan fingerprint density at radius 3 is 2.48 bits per heavy atom. The number of nitrogens with zero attached hydrogens (tertiary/aromatic N) is 1. The number of phenolic OH excluding ortho intramolecular Hbond substituents is 1. The molecule has 1 aromatic carbocycles. The molecule has 1 saturated carbocycles. The fraction of sp³-hybridized carbons (Fsp3) is 0.562. The Labute approximate surface area is 146 Å². The van der Waals surface area contributed by atoms with Gasteiger partial charge in [-0.05, 0) is 49.8 Å². The van der Waals surface area contributed by atoms with Gasteiger partial charge in [-0.25, -0.2) is 0 Å². The number of phenols is 1. The third kappa shape index (κ3) is 6.42. The monoisotopic (exact) mass is 405 g/mol. The van der Waals surface area contributed by atoms with Crippen LogP contribution in [0.2, 0.25) is 0 Å². The molecule has 1 fully saturated rings. The molecule has 2 rings (SSSR count). The SMILES string of the molecule is Cc1cc(C)c(O)c(C=NC2CCCCC2C)c1.[Cl][Zr][Cl]. The molecule has 0 bridgehead atoms. The molecule has 0 amide bonds. The summed E-state index contributed by atoms with van der Waals surface area (Å²) in [4.78, 5) is 4.69. The molecule has 0 saturated heterocycles. The molecule has 5 heteroatoms. The summed E-state index contributed by atoms with van der Waals surface area (Å²) < 4.78 is 0. The van der Waals surface area contributed by atoms with E-state index in [4.69, 9.17) is 22.0 Å². The Morgan fingerprint density at radius 1 is 1.24 bits per heavy atom. The molecule has 1 aliphatic rings. The Bertz CT molecular complexity index is 480. The number of hydrogen-bond acceptors (Lipinski definition) is 2. The molecule has 0 radical (unpaired) electrons. The van der Waals surface area contributed by atoms with Crippen LogP contribution in [0.15, 0.2) is 17.1 Å². The van der Waals surface area contributed by atoms with E-state index in [0.29, 0.717) is 17.7 Å². The molecule has 1 aliphatic carbocycles. The number of halogens is 2. The van der Waals surface area contributed by atoms with Crippen molar-refractivity contribution in [2.24, 2.45) is 10.9 Å². The number of benzene rings is 1. The molecule has 0 spiro atoms. The molecule has 0 heterocycles. The van der Waals surface area contributed by atoms with Gasteiger partial charge in [0.25, 0.3) is 0 Å². The van der Waals surface area contributed by atoms with E-state index >= 15 is 0 Å². The molecular formula is C16H23Cl2NOZr. The van der Waals surface area contributed by atoms with Gasteiger partial charge >= 0.3 is 37.9 Å². The van der Waals surface area contributed by atoms with E-state index in [1.54, 1.807) is 0 Å². The summed E-state index contributed by atoms with van der Waals surface area (Å²) >= 11 is -0.826. The van der Waals surface area contributed by atoms with Gasteiger partial charge < -0.3 is 5.11 Å². The van der Waals surface area contributed by atoms with Crippen LogP contribution >= 0.6 is 17.0 Å². The summed E-state index contributed by atoms with van der Waals surface area (Å²) in [6.45, 7) is 6.26. The maximum absolute atomic E-state index is 10.0. The Balaban J connectivity index is 0.000000677. The van der Waals surface area contributed by atoms with Crippen molar-refractivity contribution in [3.05, 3.63) is 28.8 Å². The van der Waals surface area contributed by atoms with Crippen LogP contribution in [0, 0.1) is 19.8 Å².